The van der Waals surface area contributed by atoms with Crippen molar-refractivity contribution in [3.63, 3.8) is 0 Å². The molecule has 1 saturated carbocycles. The maximum Gasteiger partial charge on any atom is 0.264 e. The molecule has 0 radical (unpaired) electrons. The molecule has 368 valence electrons. The minimum atomic E-state index is -0.0214. The third kappa shape index (κ3) is 7.77. The Bertz CT molecular complexity index is 3730. The molecule has 74 heavy (non-hydrogen) atoms. The average Bonchev–Trinajstić information content (AvgIpc) is 3.97. The van der Waals surface area contributed by atoms with Gasteiger partial charge in [0.05, 0.1) is 5.69 Å². The number of benzene rings is 8. The fourth-order valence-electron chi connectivity index (χ4n) is 12.4. The number of nitrogens with zero attached hydrogens (tertiary/aromatic N) is 3. The minimum Gasteiger partial charge on any atom is -0.456 e. The third-order valence-electron chi connectivity index (χ3n) is 16.5. The molecule has 0 saturated heterocycles. The van der Waals surface area contributed by atoms with Crippen molar-refractivity contribution in [3.8, 4) is 0 Å². The van der Waals surface area contributed by atoms with E-state index in [1.807, 2.05) is 11.3 Å². The molecular weight excluding hydrogens is 918 g/mol. The van der Waals surface area contributed by atoms with E-state index >= 15 is 0 Å². The Morgan fingerprint density at radius 3 is 1.74 bits per heavy atom. The molecule has 0 bridgehead atoms. The zero-order chi connectivity index (χ0) is 50.8. The van der Waals surface area contributed by atoms with E-state index in [1.165, 1.54) is 103 Å². The first kappa shape index (κ1) is 46.7. The van der Waals surface area contributed by atoms with Gasteiger partial charge in [0.1, 0.15) is 11.2 Å². The van der Waals surface area contributed by atoms with Crippen LogP contribution in [0.1, 0.15) is 123 Å². The minimum absolute atomic E-state index is 0.00442. The SMILES string of the molecule is CC(C)(C)c1ccc(N(c2ccc(C(C)(C)C)cc2)c2ccc3c(c2)N(c2ccccc2)c2cc(C4CCCCC4)cc4c2B3c2sc3ccc(C(C)(C)C)cc3c2N4c2ccc3oc4ccccc4c3c2)cc1. The number of para-hydroxylation sites is 2. The molecule has 6 heteroatoms. The zero-order valence-corrected chi connectivity index (χ0v) is 45.3. The summed E-state index contributed by atoms with van der Waals surface area (Å²) in [5.74, 6) is 0.479. The van der Waals surface area contributed by atoms with Gasteiger partial charge < -0.3 is 19.1 Å². The van der Waals surface area contributed by atoms with Gasteiger partial charge in [0.15, 0.2) is 0 Å². The van der Waals surface area contributed by atoms with Crippen molar-refractivity contribution < 1.29 is 4.42 Å². The van der Waals surface area contributed by atoms with Gasteiger partial charge in [0.25, 0.3) is 6.71 Å². The monoisotopic (exact) mass is 984 g/mol. The van der Waals surface area contributed by atoms with Gasteiger partial charge >= 0.3 is 0 Å². The molecular formula is C68H66BN3OS. The van der Waals surface area contributed by atoms with Gasteiger partial charge in [-0.3, -0.25) is 0 Å². The van der Waals surface area contributed by atoms with Crippen molar-refractivity contribution in [3.05, 3.63) is 192 Å². The van der Waals surface area contributed by atoms with E-state index in [2.05, 4.69) is 247 Å². The Morgan fingerprint density at radius 1 is 0.486 bits per heavy atom. The van der Waals surface area contributed by atoms with Crippen LogP contribution in [0.5, 0.6) is 0 Å². The Hall–Kier alpha value is -7.02. The second kappa shape index (κ2) is 17.3. The van der Waals surface area contributed by atoms with Gasteiger partial charge in [-0.1, -0.05) is 154 Å². The highest BCUT2D eigenvalue weighted by Crippen LogP contribution is 2.52. The van der Waals surface area contributed by atoms with Crippen molar-refractivity contribution in [2.75, 3.05) is 14.7 Å². The smallest absolute Gasteiger partial charge is 0.264 e. The number of anilines is 9. The predicted molar refractivity (Wildman–Crippen MR) is 320 cm³/mol. The maximum atomic E-state index is 6.50. The van der Waals surface area contributed by atoms with Crippen LogP contribution in [-0.4, -0.2) is 6.71 Å². The van der Waals surface area contributed by atoms with Crippen LogP contribution in [0.15, 0.2) is 174 Å². The molecule has 0 unspecified atom stereocenters. The maximum absolute atomic E-state index is 6.50. The molecule has 0 atom stereocenters. The van der Waals surface area contributed by atoms with Crippen LogP contribution in [0, 0.1) is 0 Å². The highest BCUT2D eigenvalue weighted by atomic mass is 32.1. The lowest BCUT2D eigenvalue weighted by Gasteiger charge is -2.44. The Kier molecular flexibility index (Phi) is 10.9. The van der Waals surface area contributed by atoms with E-state index in [0.29, 0.717) is 5.92 Å². The Balaban J connectivity index is 1.10. The van der Waals surface area contributed by atoms with Crippen LogP contribution in [0.4, 0.5) is 51.2 Å². The first-order chi connectivity index (χ1) is 35.6. The van der Waals surface area contributed by atoms with Crippen LogP contribution in [0.3, 0.4) is 0 Å². The van der Waals surface area contributed by atoms with E-state index in [9.17, 15) is 0 Å². The highest BCUT2D eigenvalue weighted by molar-refractivity contribution is 7.33. The average molecular weight is 984 g/mol. The van der Waals surface area contributed by atoms with E-state index in [-0.39, 0.29) is 23.0 Å². The van der Waals surface area contributed by atoms with Crippen molar-refractivity contribution in [1.29, 1.82) is 0 Å². The molecule has 2 aromatic heterocycles. The van der Waals surface area contributed by atoms with Gasteiger partial charge in [-0.05, 0) is 165 Å². The standard InChI is InChI=1S/C68H66BN3OS/c1-66(2,3)45-24-29-49(30-25-45)70(50-31-26-46(27-32-50)67(4,5)6)52-33-35-56-57(42-52)71(48-20-14-11-15-21-48)58-38-44(43-18-12-10-13-19-43)39-59-63(58)69(56)65-64(55-40-47(68(7,8)9)28-37-62(55)74-65)72(59)51-34-36-61-54(41-51)53-22-16-17-23-60(53)73-61/h11,14-17,20-43H,10,12-13,18-19H2,1-9H3. The summed E-state index contributed by atoms with van der Waals surface area (Å²) < 4.78 is 9.20. The molecule has 0 amide bonds. The summed E-state index contributed by atoms with van der Waals surface area (Å²) in [6, 6.07) is 65.0. The molecule has 13 rings (SSSR count). The fraction of sp³-hybridized carbons (Fsp3) is 0.265. The number of hydrogen-bond acceptors (Lipinski definition) is 5. The van der Waals surface area contributed by atoms with Crippen LogP contribution in [0.2, 0.25) is 0 Å². The molecule has 3 aliphatic rings. The second-order valence-electron chi connectivity index (χ2n) is 24.5. The largest absolute Gasteiger partial charge is 0.456 e. The van der Waals surface area contributed by atoms with E-state index in [1.54, 1.807) is 0 Å². The van der Waals surface area contributed by atoms with Crippen molar-refractivity contribution >= 4 is 117 Å². The lowest BCUT2D eigenvalue weighted by Crippen LogP contribution is -2.60. The number of hydrogen-bond donors (Lipinski definition) is 0. The number of furan rings is 1. The van der Waals surface area contributed by atoms with Crippen LogP contribution in [0.25, 0.3) is 32.0 Å². The third-order valence-corrected chi connectivity index (χ3v) is 17.7. The summed E-state index contributed by atoms with van der Waals surface area (Å²) in [4.78, 5) is 7.75. The van der Waals surface area contributed by atoms with E-state index in [0.717, 1.165) is 50.4 Å². The number of thiophene rings is 1. The molecule has 10 aromatic rings. The second-order valence-corrected chi connectivity index (χ2v) is 25.6. The summed E-state index contributed by atoms with van der Waals surface area (Å²) in [6.07, 6.45) is 6.25. The summed E-state index contributed by atoms with van der Waals surface area (Å²) in [7, 11) is 0. The van der Waals surface area contributed by atoms with Gasteiger partial charge in [-0.15, -0.1) is 11.3 Å². The van der Waals surface area contributed by atoms with E-state index in [4.69, 9.17) is 4.42 Å². The van der Waals surface area contributed by atoms with Crippen LogP contribution < -0.4 is 30.4 Å². The summed E-state index contributed by atoms with van der Waals surface area (Å²) in [6.45, 7) is 20.8. The molecule has 1 aliphatic carbocycles. The molecule has 0 N–H and O–H groups in total. The quantitative estimate of drug-likeness (QED) is 0.155. The summed E-state index contributed by atoms with van der Waals surface area (Å²) in [5, 5.41) is 3.60. The number of rotatable bonds is 6. The number of fused-ring (bicyclic) bond motifs is 9. The topological polar surface area (TPSA) is 22.9 Å². The van der Waals surface area contributed by atoms with Gasteiger partial charge in [-0.25, -0.2) is 0 Å². The molecule has 4 heterocycles. The van der Waals surface area contributed by atoms with Gasteiger partial charge in [0, 0.05) is 71.1 Å². The van der Waals surface area contributed by atoms with Crippen molar-refractivity contribution in [1.82, 2.24) is 0 Å². The van der Waals surface area contributed by atoms with Crippen molar-refractivity contribution in [2.24, 2.45) is 0 Å². The zero-order valence-electron chi connectivity index (χ0n) is 44.5. The lowest BCUT2D eigenvalue weighted by atomic mass is 9.36. The van der Waals surface area contributed by atoms with Gasteiger partial charge in [-0.2, -0.15) is 0 Å². The predicted octanol–water partition coefficient (Wildman–Crippen LogP) is 18.3. The highest BCUT2D eigenvalue weighted by Gasteiger charge is 2.46. The normalized spacial score (nSPS) is 15.0. The van der Waals surface area contributed by atoms with Crippen molar-refractivity contribution in [2.45, 2.75) is 117 Å². The molecule has 2 aliphatic heterocycles. The van der Waals surface area contributed by atoms with E-state index < -0.39 is 0 Å². The first-order valence-electron chi connectivity index (χ1n) is 27.0. The van der Waals surface area contributed by atoms with Crippen LogP contribution >= 0.6 is 11.3 Å². The Morgan fingerprint density at radius 2 is 1.08 bits per heavy atom. The Labute approximate surface area is 442 Å². The molecule has 4 nitrogen and oxygen atoms in total. The van der Waals surface area contributed by atoms with Crippen LogP contribution in [-0.2, 0) is 16.2 Å². The lowest BCUT2D eigenvalue weighted by molar-refractivity contribution is 0.444. The summed E-state index contributed by atoms with van der Waals surface area (Å²) >= 11 is 1.98. The van der Waals surface area contributed by atoms with Gasteiger partial charge in [0.2, 0.25) is 0 Å². The molecule has 8 aromatic carbocycles. The first-order valence-corrected chi connectivity index (χ1v) is 27.9. The summed E-state index contributed by atoms with van der Waals surface area (Å²) in [5.41, 5.74) is 20.8. The molecule has 1 fully saturated rings. The fourth-order valence-corrected chi connectivity index (χ4v) is 13.7. The molecule has 0 spiro atoms.